The van der Waals surface area contributed by atoms with Crippen LogP contribution in [0.25, 0.3) is 0 Å². The molecule has 184 valence electrons. The third-order valence-corrected chi connectivity index (χ3v) is 8.76. The molecule has 1 amide bonds. The number of hydrogen-bond acceptors (Lipinski definition) is 7. The maximum Gasteiger partial charge on any atom is 0.274 e. The molecule has 0 spiro atoms. The normalized spacial score (nSPS) is 16.7. The summed E-state index contributed by atoms with van der Waals surface area (Å²) in [6.07, 6.45) is 1.80. The number of aryl methyl sites for hydroxylation is 1. The number of hydrogen-bond donors (Lipinski definition) is 0. The van der Waals surface area contributed by atoms with E-state index in [4.69, 9.17) is 16.3 Å². The summed E-state index contributed by atoms with van der Waals surface area (Å²) in [5.74, 6) is 0.913. The van der Waals surface area contributed by atoms with Gasteiger partial charge in [0, 0.05) is 18.3 Å². The molecule has 0 bridgehead atoms. The summed E-state index contributed by atoms with van der Waals surface area (Å²) in [7, 11) is -1.62. The van der Waals surface area contributed by atoms with Gasteiger partial charge in [0.25, 0.3) is 5.91 Å². The van der Waals surface area contributed by atoms with Crippen LogP contribution >= 0.6 is 23.4 Å². The van der Waals surface area contributed by atoms with Gasteiger partial charge in [0.05, 0.1) is 29.8 Å². The highest BCUT2D eigenvalue weighted by atomic mass is 35.5. The standard InChI is InChI=1S/C25H26ClN3O4S2/c1-17-4-3-5-19(12-17)15-34-25-27-13-22(26)23(28-25)24(30)29(20-10-11-35(31,32)16-20)14-18-6-8-21(33-2)9-7-18/h3-9,12-13,20H,10-11,14-16H2,1-2H3. The third-order valence-electron chi connectivity index (χ3n) is 5.80. The zero-order valence-electron chi connectivity index (χ0n) is 19.5. The molecule has 3 aromatic rings. The van der Waals surface area contributed by atoms with Crippen molar-refractivity contribution in [2.75, 3.05) is 18.6 Å². The molecular weight excluding hydrogens is 506 g/mol. The summed E-state index contributed by atoms with van der Waals surface area (Å²) in [5.41, 5.74) is 3.21. The van der Waals surface area contributed by atoms with Crippen molar-refractivity contribution in [2.24, 2.45) is 0 Å². The molecule has 1 atom stereocenters. The van der Waals surface area contributed by atoms with Crippen LogP contribution < -0.4 is 4.74 Å². The second-order valence-electron chi connectivity index (χ2n) is 8.46. The fraction of sp³-hybridized carbons (Fsp3) is 0.320. The molecule has 10 heteroatoms. The van der Waals surface area contributed by atoms with Crippen molar-refractivity contribution in [1.29, 1.82) is 0 Å². The first kappa shape index (κ1) is 25.5. The molecule has 0 N–H and O–H groups in total. The molecule has 1 aliphatic rings. The van der Waals surface area contributed by atoms with E-state index in [1.54, 1.807) is 24.1 Å². The Morgan fingerprint density at radius 3 is 2.63 bits per heavy atom. The Hall–Kier alpha value is -2.62. The van der Waals surface area contributed by atoms with E-state index in [2.05, 4.69) is 16.0 Å². The molecule has 4 rings (SSSR count). The van der Waals surface area contributed by atoms with E-state index >= 15 is 0 Å². The van der Waals surface area contributed by atoms with Gasteiger partial charge in [-0.1, -0.05) is 65.3 Å². The minimum absolute atomic E-state index is 0.0547. The maximum atomic E-state index is 13.7. The predicted octanol–water partition coefficient (Wildman–Crippen LogP) is 4.57. The lowest BCUT2D eigenvalue weighted by atomic mass is 10.1. The van der Waals surface area contributed by atoms with Gasteiger partial charge in [0.1, 0.15) is 5.75 Å². The number of aromatic nitrogens is 2. The average Bonchev–Trinajstić information content (AvgIpc) is 3.21. The fourth-order valence-corrected chi connectivity index (χ4v) is 6.63. The van der Waals surface area contributed by atoms with Crippen LogP contribution in [0.1, 0.15) is 33.6 Å². The lowest BCUT2D eigenvalue weighted by molar-refractivity contribution is 0.0674. The zero-order chi connectivity index (χ0) is 25.0. The Kier molecular flexibility index (Phi) is 7.98. The Morgan fingerprint density at radius 1 is 1.20 bits per heavy atom. The highest BCUT2D eigenvalue weighted by Crippen LogP contribution is 2.27. The van der Waals surface area contributed by atoms with Crippen LogP contribution in [0.15, 0.2) is 59.9 Å². The quantitative estimate of drug-likeness (QED) is 0.311. The van der Waals surface area contributed by atoms with E-state index in [1.807, 2.05) is 37.3 Å². The second kappa shape index (κ2) is 11.0. The number of sulfone groups is 1. The van der Waals surface area contributed by atoms with Gasteiger partial charge in [-0.05, 0) is 36.6 Å². The smallest absolute Gasteiger partial charge is 0.274 e. The molecule has 1 aromatic heterocycles. The van der Waals surface area contributed by atoms with Gasteiger partial charge in [-0.15, -0.1) is 0 Å². The SMILES string of the molecule is COc1ccc(CN(C(=O)c2nc(SCc3cccc(C)c3)ncc2Cl)C2CCS(=O)(=O)C2)cc1. The Bertz CT molecular complexity index is 1320. The number of ether oxygens (including phenoxy) is 1. The second-order valence-corrected chi connectivity index (χ2v) is 12.0. The summed E-state index contributed by atoms with van der Waals surface area (Å²) in [6.45, 7) is 2.26. The molecule has 1 aliphatic heterocycles. The third kappa shape index (κ3) is 6.54. The van der Waals surface area contributed by atoms with E-state index in [1.165, 1.54) is 18.0 Å². The number of halogens is 1. The van der Waals surface area contributed by atoms with E-state index < -0.39 is 21.8 Å². The van der Waals surface area contributed by atoms with Crippen molar-refractivity contribution < 1.29 is 17.9 Å². The molecular formula is C25H26ClN3O4S2. The highest BCUT2D eigenvalue weighted by Gasteiger charge is 2.36. The lowest BCUT2D eigenvalue weighted by Gasteiger charge is -2.28. The minimum Gasteiger partial charge on any atom is -0.497 e. The van der Waals surface area contributed by atoms with E-state index in [-0.39, 0.29) is 28.8 Å². The largest absolute Gasteiger partial charge is 0.497 e. The number of nitrogens with zero attached hydrogens (tertiary/aromatic N) is 3. The maximum absolute atomic E-state index is 13.7. The summed E-state index contributed by atoms with van der Waals surface area (Å²) in [4.78, 5) is 24.0. The molecule has 7 nitrogen and oxygen atoms in total. The van der Waals surface area contributed by atoms with Crippen molar-refractivity contribution >= 4 is 39.1 Å². The zero-order valence-corrected chi connectivity index (χ0v) is 21.9. The van der Waals surface area contributed by atoms with Gasteiger partial charge >= 0.3 is 0 Å². The number of methoxy groups -OCH3 is 1. The number of benzene rings is 2. The Labute approximate surface area is 214 Å². The van der Waals surface area contributed by atoms with Gasteiger partial charge < -0.3 is 9.64 Å². The molecule has 0 aliphatic carbocycles. The molecule has 1 saturated heterocycles. The van der Waals surface area contributed by atoms with Crippen LogP contribution in [0, 0.1) is 6.92 Å². The fourth-order valence-electron chi connectivity index (χ4n) is 3.97. The van der Waals surface area contributed by atoms with Crippen molar-refractivity contribution in [3.63, 3.8) is 0 Å². The van der Waals surface area contributed by atoms with Crippen molar-refractivity contribution in [2.45, 2.75) is 36.8 Å². The molecule has 0 radical (unpaired) electrons. The van der Waals surface area contributed by atoms with E-state index in [9.17, 15) is 13.2 Å². The Balaban J connectivity index is 1.59. The summed E-state index contributed by atoms with van der Waals surface area (Å²) < 4.78 is 29.6. The molecule has 1 fully saturated rings. The summed E-state index contributed by atoms with van der Waals surface area (Å²) in [6, 6.07) is 15.0. The Morgan fingerprint density at radius 2 is 1.97 bits per heavy atom. The van der Waals surface area contributed by atoms with Crippen molar-refractivity contribution in [3.05, 3.63) is 82.1 Å². The van der Waals surface area contributed by atoms with Gasteiger partial charge in [0.15, 0.2) is 20.7 Å². The number of amides is 1. The first-order chi connectivity index (χ1) is 16.7. The average molecular weight is 532 g/mol. The summed E-state index contributed by atoms with van der Waals surface area (Å²) >= 11 is 7.77. The van der Waals surface area contributed by atoms with Crippen molar-refractivity contribution in [1.82, 2.24) is 14.9 Å². The van der Waals surface area contributed by atoms with Crippen molar-refractivity contribution in [3.8, 4) is 5.75 Å². The molecule has 1 unspecified atom stereocenters. The number of rotatable bonds is 8. The topological polar surface area (TPSA) is 89.5 Å². The molecule has 2 heterocycles. The molecule has 35 heavy (non-hydrogen) atoms. The van der Waals surface area contributed by atoms with Gasteiger partial charge in [0.2, 0.25) is 0 Å². The first-order valence-electron chi connectivity index (χ1n) is 11.1. The van der Waals surface area contributed by atoms with Gasteiger partial charge in [-0.3, -0.25) is 4.79 Å². The van der Waals surface area contributed by atoms with Crippen LogP contribution in [0.2, 0.25) is 5.02 Å². The molecule has 2 aromatic carbocycles. The number of carbonyl (C=O) groups is 1. The van der Waals surface area contributed by atoms with Gasteiger partial charge in [-0.25, -0.2) is 18.4 Å². The van der Waals surface area contributed by atoms with E-state index in [0.717, 1.165) is 16.7 Å². The minimum atomic E-state index is -3.20. The highest BCUT2D eigenvalue weighted by molar-refractivity contribution is 7.98. The number of carbonyl (C=O) groups excluding carboxylic acids is 1. The van der Waals surface area contributed by atoms with Crippen LogP contribution in [-0.4, -0.2) is 53.9 Å². The predicted molar refractivity (Wildman–Crippen MR) is 138 cm³/mol. The van der Waals surface area contributed by atoms with Crippen LogP contribution in [0.3, 0.4) is 0 Å². The van der Waals surface area contributed by atoms with Gasteiger partial charge in [-0.2, -0.15) is 0 Å². The molecule has 0 saturated carbocycles. The monoisotopic (exact) mass is 531 g/mol. The van der Waals surface area contributed by atoms with Crippen LogP contribution in [-0.2, 0) is 22.1 Å². The van der Waals surface area contributed by atoms with Crippen LogP contribution in [0.5, 0.6) is 5.75 Å². The number of thioether (sulfide) groups is 1. The van der Waals surface area contributed by atoms with E-state index in [0.29, 0.717) is 23.1 Å². The van der Waals surface area contributed by atoms with Crippen LogP contribution in [0.4, 0.5) is 0 Å². The first-order valence-corrected chi connectivity index (χ1v) is 14.3. The summed E-state index contributed by atoms with van der Waals surface area (Å²) in [5, 5.41) is 0.568. The lowest BCUT2D eigenvalue weighted by Crippen LogP contribution is -2.41.